The fourth-order valence-electron chi connectivity index (χ4n) is 3.94. The van der Waals surface area contributed by atoms with E-state index in [2.05, 4.69) is 16.1 Å². The molecule has 1 aromatic carbocycles. The SMILES string of the molecule is CC(C)[C@@H](C(=O)N[C@H](CNON1C(=O)CCC1=O)Cc1ccccc1)N1CCCNC1=O. The second kappa shape index (κ2) is 11.1. The van der Waals surface area contributed by atoms with Gasteiger partial charge in [-0.2, -0.15) is 10.4 Å². The van der Waals surface area contributed by atoms with Crippen LogP contribution in [0.5, 0.6) is 0 Å². The van der Waals surface area contributed by atoms with Gasteiger partial charge in [0.2, 0.25) is 5.91 Å². The number of amides is 5. The Morgan fingerprint density at radius 1 is 1.12 bits per heavy atom. The van der Waals surface area contributed by atoms with Crippen LogP contribution in [0.1, 0.15) is 38.7 Å². The molecule has 2 heterocycles. The largest absolute Gasteiger partial charge is 0.350 e. The summed E-state index contributed by atoms with van der Waals surface area (Å²) in [4.78, 5) is 55.8. The van der Waals surface area contributed by atoms with Gasteiger partial charge in [0.05, 0.1) is 0 Å². The molecule has 0 aromatic heterocycles. The Balaban J connectivity index is 1.67. The minimum Gasteiger partial charge on any atom is -0.350 e. The van der Waals surface area contributed by atoms with Crippen molar-refractivity contribution in [3.63, 3.8) is 0 Å². The zero-order valence-electron chi connectivity index (χ0n) is 18.5. The molecule has 0 aliphatic carbocycles. The quantitative estimate of drug-likeness (QED) is 0.361. The molecule has 5 amide bonds. The number of nitrogens with zero attached hydrogens (tertiary/aromatic N) is 2. The van der Waals surface area contributed by atoms with Gasteiger partial charge in [-0.15, -0.1) is 5.06 Å². The fourth-order valence-corrected chi connectivity index (χ4v) is 3.94. The molecule has 0 unspecified atom stereocenters. The molecule has 0 bridgehead atoms. The molecule has 0 saturated carbocycles. The highest BCUT2D eigenvalue weighted by molar-refractivity contribution is 6.00. The van der Waals surface area contributed by atoms with E-state index in [1.165, 1.54) is 0 Å². The molecule has 2 atom stereocenters. The van der Waals surface area contributed by atoms with E-state index in [4.69, 9.17) is 4.94 Å². The monoisotopic (exact) mass is 445 g/mol. The topological polar surface area (TPSA) is 120 Å². The summed E-state index contributed by atoms with van der Waals surface area (Å²) in [7, 11) is 0. The highest BCUT2D eigenvalue weighted by atomic mass is 16.8. The van der Waals surface area contributed by atoms with E-state index in [0.29, 0.717) is 19.5 Å². The molecular formula is C22H31N5O5. The van der Waals surface area contributed by atoms with E-state index in [-0.39, 0.29) is 37.2 Å². The number of hydrogen-bond acceptors (Lipinski definition) is 6. The number of benzene rings is 1. The molecule has 174 valence electrons. The van der Waals surface area contributed by atoms with Crippen LogP contribution in [0.15, 0.2) is 30.3 Å². The highest BCUT2D eigenvalue weighted by Crippen LogP contribution is 2.15. The molecular weight excluding hydrogens is 414 g/mol. The number of hydroxylamine groups is 3. The molecule has 1 aromatic rings. The first-order valence-electron chi connectivity index (χ1n) is 11.0. The normalized spacial score (nSPS) is 18.7. The Bertz CT molecular complexity index is 815. The lowest BCUT2D eigenvalue weighted by Crippen LogP contribution is -2.60. The van der Waals surface area contributed by atoms with E-state index >= 15 is 0 Å². The van der Waals surface area contributed by atoms with Gasteiger partial charge in [-0.3, -0.25) is 14.4 Å². The predicted octanol–water partition coefficient (Wildman–Crippen LogP) is 0.739. The number of hydrogen-bond donors (Lipinski definition) is 3. The van der Waals surface area contributed by atoms with E-state index in [0.717, 1.165) is 17.0 Å². The first kappa shape index (κ1) is 23.7. The third-order valence-electron chi connectivity index (χ3n) is 5.51. The summed E-state index contributed by atoms with van der Waals surface area (Å²) in [5.74, 6) is -1.14. The lowest BCUT2D eigenvalue weighted by Gasteiger charge is -2.37. The number of urea groups is 1. The molecule has 2 aliphatic heterocycles. The first-order chi connectivity index (χ1) is 15.4. The number of carbonyl (C=O) groups is 4. The van der Waals surface area contributed by atoms with Crippen molar-refractivity contribution < 1.29 is 24.1 Å². The summed E-state index contributed by atoms with van der Waals surface area (Å²) < 4.78 is 0. The van der Waals surface area contributed by atoms with Crippen LogP contribution >= 0.6 is 0 Å². The number of rotatable bonds is 10. The van der Waals surface area contributed by atoms with E-state index in [1.807, 2.05) is 44.2 Å². The molecule has 32 heavy (non-hydrogen) atoms. The van der Waals surface area contributed by atoms with Crippen molar-refractivity contribution in [2.24, 2.45) is 5.92 Å². The van der Waals surface area contributed by atoms with Crippen molar-refractivity contribution in [2.75, 3.05) is 19.6 Å². The number of carbonyl (C=O) groups excluding carboxylic acids is 4. The zero-order valence-corrected chi connectivity index (χ0v) is 18.5. The van der Waals surface area contributed by atoms with Crippen LogP contribution in [0.25, 0.3) is 0 Å². The van der Waals surface area contributed by atoms with Crippen molar-refractivity contribution in [1.29, 1.82) is 0 Å². The molecule has 10 heteroatoms. The van der Waals surface area contributed by atoms with Gasteiger partial charge in [-0.05, 0) is 24.3 Å². The number of nitrogens with one attached hydrogen (secondary N) is 3. The highest BCUT2D eigenvalue weighted by Gasteiger charge is 2.35. The van der Waals surface area contributed by atoms with Gasteiger partial charge in [0.1, 0.15) is 6.04 Å². The fraction of sp³-hybridized carbons (Fsp3) is 0.545. The molecule has 2 saturated heterocycles. The third-order valence-corrected chi connectivity index (χ3v) is 5.51. The molecule has 3 N–H and O–H groups in total. The Hall–Kier alpha value is -2.98. The van der Waals surface area contributed by atoms with Crippen LogP contribution in [0.4, 0.5) is 4.79 Å². The van der Waals surface area contributed by atoms with Gasteiger partial charge in [-0.25, -0.2) is 4.79 Å². The van der Waals surface area contributed by atoms with Crippen LogP contribution in [0.3, 0.4) is 0 Å². The van der Waals surface area contributed by atoms with Crippen LogP contribution < -0.4 is 16.1 Å². The second-order valence-electron chi connectivity index (χ2n) is 8.38. The molecule has 0 spiro atoms. The number of imide groups is 1. The summed E-state index contributed by atoms with van der Waals surface area (Å²) in [6.07, 6.45) is 1.53. The maximum Gasteiger partial charge on any atom is 0.318 e. The lowest BCUT2D eigenvalue weighted by molar-refractivity contribution is -0.209. The van der Waals surface area contributed by atoms with Gasteiger partial charge in [-0.1, -0.05) is 44.2 Å². The summed E-state index contributed by atoms with van der Waals surface area (Å²) >= 11 is 0. The average molecular weight is 446 g/mol. The standard InChI is InChI=1S/C22H31N5O5/c1-15(2)20(26-12-6-11-23-22(26)31)21(30)25-17(13-16-7-4-3-5-8-16)14-24-32-27-18(28)9-10-19(27)29/h3-5,7-8,15,17,20,24H,6,9-14H2,1-2H3,(H,23,31)(H,25,30)/t17-,20-/m0/s1. The first-order valence-corrected chi connectivity index (χ1v) is 11.0. The van der Waals surface area contributed by atoms with E-state index < -0.39 is 23.9 Å². The summed E-state index contributed by atoms with van der Waals surface area (Å²) in [6.45, 7) is 5.10. The van der Waals surface area contributed by atoms with Crippen LogP contribution in [-0.2, 0) is 25.7 Å². The Morgan fingerprint density at radius 3 is 2.44 bits per heavy atom. The van der Waals surface area contributed by atoms with Crippen molar-refractivity contribution in [3.05, 3.63) is 35.9 Å². The molecule has 2 aliphatic rings. The Kier molecular flexibility index (Phi) is 8.18. The maximum absolute atomic E-state index is 13.2. The summed E-state index contributed by atoms with van der Waals surface area (Å²) in [5, 5.41) is 6.53. The molecule has 0 radical (unpaired) electrons. The Morgan fingerprint density at radius 2 is 1.81 bits per heavy atom. The van der Waals surface area contributed by atoms with Crippen molar-refractivity contribution in [1.82, 2.24) is 26.1 Å². The summed E-state index contributed by atoms with van der Waals surface area (Å²) in [5.41, 5.74) is 3.65. The van der Waals surface area contributed by atoms with Gasteiger partial charge >= 0.3 is 6.03 Å². The van der Waals surface area contributed by atoms with Gasteiger partial charge < -0.3 is 15.5 Å². The van der Waals surface area contributed by atoms with E-state index in [9.17, 15) is 19.2 Å². The zero-order chi connectivity index (χ0) is 23.1. The van der Waals surface area contributed by atoms with E-state index in [1.54, 1.807) is 4.90 Å². The van der Waals surface area contributed by atoms with Crippen molar-refractivity contribution >= 4 is 23.8 Å². The van der Waals surface area contributed by atoms with Crippen LogP contribution in [0.2, 0.25) is 0 Å². The molecule has 2 fully saturated rings. The van der Waals surface area contributed by atoms with Crippen molar-refractivity contribution in [3.8, 4) is 0 Å². The molecule has 3 rings (SSSR count). The predicted molar refractivity (Wildman–Crippen MR) is 116 cm³/mol. The van der Waals surface area contributed by atoms with Crippen LogP contribution in [0, 0.1) is 5.92 Å². The summed E-state index contributed by atoms with van der Waals surface area (Å²) in [6, 6.07) is 8.38. The maximum atomic E-state index is 13.2. The third kappa shape index (κ3) is 6.04. The molecule has 10 nitrogen and oxygen atoms in total. The average Bonchev–Trinajstić information content (AvgIpc) is 3.08. The van der Waals surface area contributed by atoms with Crippen molar-refractivity contribution in [2.45, 2.75) is 51.6 Å². The smallest absolute Gasteiger partial charge is 0.318 e. The van der Waals surface area contributed by atoms with Gasteiger partial charge in [0.25, 0.3) is 11.8 Å². The minimum atomic E-state index is -0.615. The lowest BCUT2D eigenvalue weighted by atomic mass is 9.99. The minimum absolute atomic E-state index is 0.0831. The van der Waals surface area contributed by atoms with Gasteiger partial charge in [0, 0.05) is 38.5 Å². The van der Waals surface area contributed by atoms with Gasteiger partial charge in [0.15, 0.2) is 0 Å². The Labute approximate surface area is 187 Å². The van der Waals surface area contributed by atoms with Crippen LogP contribution in [-0.4, -0.2) is 65.4 Å². The second-order valence-corrected chi connectivity index (χ2v) is 8.38.